The molecule has 0 spiro atoms. The number of carbonyl (C=O) groups is 1. The van der Waals surface area contributed by atoms with E-state index < -0.39 is 5.91 Å². The summed E-state index contributed by atoms with van der Waals surface area (Å²) in [6, 6.07) is 11.0. The van der Waals surface area contributed by atoms with Crippen LogP contribution in [0, 0.1) is 0 Å². The third-order valence-corrected chi connectivity index (χ3v) is 6.06. The first-order valence-electron chi connectivity index (χ1n) is 7.04. The number of halogens is 3. The first kappa shape index (κ1) is 18.2. The van der Waals surface area contributed by atoms with Gasteiger partial charge >= 0.3 is 0 Å². The molecule has 0 saturated carbocycles. The Bertz CT molecular complexity index is 988. The average molecular weight is 458 g/mol. The predicted octanol–water partition coefficient (Wildman–Crippen LogP) is 5.74. The van der Waals surface area contributed by atoms with Gasteiger partial charge in [0.25, 0.3) is 5.91 Å². The third kappa shape index (κ3) is 3.82. The number of thiophene rings is 1. The minimum atomic E-state index is -0.396. The molecule has 0 bridgehead atoms. The lowest BCUT2D eigenvalue weighted by Crippen LogP contribution is -2.16. The molecule has 0 aliphatic heterocycles. The quantitative estimate of drug-likeness (QED) is 0.401. The van der Waals surface area contributed by atoms with Gasteiger partial charge in [-0.2, -0.15) is 5.10 Å². The van der Waals surface area contributed by atoms with Gasteiger partial charge in [-0.25, -0.2) is 5.43 Å². The Morgan fingerprint density at radius 2 is 2.08 bits per heavy atom. The van der Waals surface area contributed by atoms with Crippen LogP contribution >= 0.6 is 50.5 Å². The van der Waals surface area contributed by atoms with Crippen LogP contribution in [-0.2, 0) is 0 Å². The van der Waals surface area contributed by atoms with Crippen LogP contribution in [0.2, 0.25) is 10.0 Å². The molecule has 2 aromatic carbocycles. The van der Waals surface area contributed by atoms with Gasteiger partial charge in [-0.15, -0.1) is 11.3 Å². The van der Waals surface area contributed by atoms with Gasteiger partial charge in [0.1, 0.15) is 15.6 Å². The van der Waals surface area contributed by atoms with Gasteiger partial charge in [-0.3, -0.25) is 4.79 Å². The van der Waals surface area contributed by atoms with Crippen LogP contribution < -0.4 is 10.2 Å². The molecule has 0 unspecified atom stereocenters. The highest BCUT2D eigenvalue weighted by Gasteiger charge is 2.20. The zero-order chi connectivity index (χ0) is 18.0. The summed E-state index contributed by atoms with van der Waals surface area (Å²) in [5.74, 6) is 0.138. The van der Waals surface area contributed by atoms with Gasteiger partial charge in [-0.1, -0.05) is 51.3 Å². The summed E-state index contributed by atoms with van der Waals surface area (Å²) in [6.07, 6.45) is 1.56. The summed E-state index contributed by atoms with van der Waals surface area (Å²) < 4.78 is 6.82. The molecule has 1 amide bonds. The lowest BCUT2D eigenvalue weighted by molar-refractivity contribution is 0.0959. The molecule has 1 aromatic heterocycles. The van der Waals surface area contributed by atoms with E-state index in [0.29, 0.717) is 30.8 Å². The molecule has 3 rings (SSSR count). The zero-order valence-corrected chi connectivity index (χ0v) is 16.8. The molecular formula is C17H11BrCl2N2O2S. The molecule has 3 aromatic rings. The van der Waals surface area contributed by atoms with Crippen LogP contribution in [0.15, 0.2) is 46.0 Å². The van der Waals surface area contributed by atoms with Gasteiger partial charge in [0.2, 0.25) is 0 Å². The van der Waals surface area contributed by atoms with Crippen molar-refractivity contribution in [1.29, 1.82) is 0 Å². The van der Waals surface area contributed by atoms with Crippen molar-refractivity contribution in [1.82, 2.24) is 5.43 Å². The summed E-state index contributed by atoms with van der Waals surface area (Å²) >= 11 is 17.2. The molecule has 25 heavy (non-hydrogen) atoms. The SMILES string of the molecule is COc1ccc2c(Cl)c(C(=O)N/N=C/c3cccc(Br)c3)sc2c1Cl. The summed E-state index contributed by atoms with van der Waals surface area (Å²) in [5.41, 5.74) is 3.34. The number of hydrazone groups is 1. The minimum Gasteiger partial charge on any atom is -0.495 e. The highest BCUT2D eigenvalue weighted by atomic mass is 79.9. The first-order valence-corrected chi connectivity index (χ1v) is 9.41. The molecule has 0 aliphatic carbocycles. The van der Waals surface area contributed by atoms with E-state index in [2.05, 4.69) is 26.5 Å². The predicted molar refractivity (Wildman–Crippen MR) is 108 cm³/mol. The Labute approximate surface area is 166 Å². The first-order chi connectivity index (χ1) is 12.0. The highest BCUT2D eigenvalue weighted by Crippen LogP contribution is 2.42. The number of amides is 1. The van der Waals surface area contributed by atoms with Crippen molar-refractivity contribution >= 4 is 72.7 Å². The summed E-state index contributed by atoms with van der Waals surface area (Å²) in [4.78, 5) is 12.7. The van der Waals surface area contributed by atoms with Crippen molar-refractivity contribution in [2.45, 2.75) is 0 Å². The van der Waals surface area contributed by atoms with E-state index in [1.54, 1.807) is 18.3 Å². The molecular weight excluding hydrogens is 447 g/mol. The number of methoxy groups -OCH3 is 1. The van der Waals surface area contributed by atoms with Crippen LogP contribution in [0.5, 0.6) is 5.75 Å². The Balaban J connectivity index is 1.85. The Kier molecular flexibility index (Phi) is 5.64. The van der Waals surface area contributed by atoms with Crippen molar-refractivity contribution < 1.29 is 9.53 Å². The van der Waals surface area contributed by atoms with Gasteiger partial charge in [0.05, 0.1) is 23.0 Å². The van der Waals surface area contributed by atoms with E-state index in [1.807, 2.05) is 24.3 Å². The topological polar surface area (TPSA) is 50.7 Å². The van der Waals surface area contributed by atoms with Crippen molar-refractivity contribution in [3.8, 4) is 5.75 Å². The maximum absolute atomic E-state index is 12.4. The number of hydrogen-bond acceptors (Lipinski definition) is 4. The lowest BCUT2D eigenvalue weighted by atomic mass is 10.2. The van der Waals surface area contributed by atoms with Crippen LogP contribution in [0.4, 0.5) is 0 Å². The molecule has 4 nitrogen and oxygen atoms in total. The number of ether oxygens (including phenoxy) is 1. The minimum absolute atomic E-state index is 0.346. The second-order valence-corrected chi connectivity index (χ2v) is 7.65. The van der Waals surface area contributed by atoms with Crippen molar-refractivity contribution in [2.24, 2.45) is 5.10 Å². The fourth-order valence-corrected chi connectivity index (χ4v) is 4.39. The molecule has 0 saturated heterocycles. The lowest BCUT2D eigenvalue weighted by Gasteiger charge is -2.02. The number of rotatable bonds is 4. The van der Waals surface area contributed by atoms with Crippen molar-refractivity contribution in [2.75, 3.05) is 7.11 Å². The Hall–Kier alpha value is -1.60. The molecule has 0 fully saturated rings. The fraction of sp³-hybridized carbons (Fsp3) is 0.0588. The Morgan fingerprint density at radius 3 is 2.80 bits per heavy atom. The number of nitrogens with one attached hydrogen (secondary N) is 1. The van der Waals surface area contributed by atoms with E-state index in [4.69, 9.17) is 27.9 Å². The van der Waals surface area contributed by atoms with E-state index in [9.17, 15) is 4.79 Å². The summed E-state index contributed by atoms with van der Waals surface area (Å²) in [7, 11) is 1.53. The van der Waals surface area contributed by atoms with Crippen LogP contribution in [-0.4, -0.2) is 19.2 Å². The summed E-state index contributed by atoms with van der Waals surface area (Å²) in [5, 5.41) is 5.46. The van der Waals surface area contributed by atoms with E-state index in [0.717, 1.165) is 10.0 Å². The maximum Gasteiger partial charge on any atom is 0.283 e. The standard InChI is InChI=1S/C17H11BrCl2N2O2S/c1-24-12-6-5-11-13(19)16(25-15(11)14(12)20)17(23)22-21-8-9-3-2-4-10(18)7-9/h2-8H,1H3,(H,22,23)/b21-8+. The molecule has 0 radical (unpaired) electrons. The molecule has 1 N–H and O–H groups in total. The van der Waals surface area contributed by atoms with E-state index >= 15 is 0 Å². The molecule has 128 valence electrons. The van der Waals surface area contributed by atoms with Gasteiger partial charge < -0.3 is 4.74 Å². The average Bonchev–Trinajstić information content (AvgIpc) is 2.93. The van der Waals surface area contributed by atoms with Crippen LogP contribution in [0.25, 0.3) is 10.1 Å². The molecule has 1 heterocycles. The van der Waals surface area contributed by atoms with Crippen molar-refractivity contribution in [3.05, 3.63) is 61.4 Å². The largest absolute Gasteiger partial charge is 0.495 e. The second-order valence-electron chi connectivity index (χ2n) is 4.96. The van der Waals surface area contributed by atoms with Crippen LogP contribution in [0.3, 0.4) is 0 Å². The van der Waals surface area contributed by atoms with Crippen molar-refractivity contribution in [3.63, 3.8) is 0 Å². The zero-order valence-electron chi connectivity index (χ0n) is 12.8. The van der Waals surface area contributed by atoms with Gasteiger partial charge in [0, 0.05) is 9.86 Å². The molecule has 0 atom stereocenters. The molecule has 0 aliphatic rings. The summed E-state index contributed by atoms with van der Waals surface area (Å²) in [6.45, 7) is 0. The smallest absolute Gasteiger partial charge is 0.283 e. The number of benzene rings is 2. The fourth-order valence-electron chi connectivity index (χ4n) is 2.19. The normalized spacial score (nSPS) is 11.2. The number of nitrogens with zero attached hydrogens (tertiary/aromatic N) is 1. The number of hydrogen-bond donors (Lipinski definition) is 1. The number of carbonyl (C=O) groups excluding carboxylic acids is 1. The van der Waals surface area contributed by atoms with Gasteiger partial charge in [0.15, 0.2) is 0 Å². The highest BCUT2D eigenvalue weighted by molar-refractivity contribution is 9.10. The van der Waals surface area contributed by atoms with Gasteiger partial charge in [-0.05, 0) is 29.8 Å². The Morgan fingerprint density at radius 1 is 1.28 bits per heavy atom. The third-order valence-electron chi connectivity index (χ3n) is 3.36. The number of fused-ring (bicyclic) bond motifs is 1. The monoisotopic (exact) mass is 456 g/mol. The maximum atomic E-state index is 12.4. The second kappa shape index (κ2) is 7.74. The van der Waals surface area contributed by atoms with Crippen LogP contribution in [0.1, 0.15) is 15.2 Å². The molecule has 8 heteroatoms. The van der Waals surface area contributed by atoms with E-state index in [1.165, 1.54) is 18.4 Å². The van der Waals surface area contributed by atoms with E-state index in [-0.39, 0.29) is 0 Å².